The molecule has 0 bridgehead atoms. The van der Waals surface area contributed by atoms with Crippen LogP contribution in [0.2, 0.25) is 0 Å². The highest BCUT2D eigenvalue weighted by Gasteiger charge is 2.14. The Hall–Kier alpha value is -3.18. The monoisotopic (exact) mass is 490 g/mol. The highest BCUT2D eigenvalue weighted by molar-refractivity contribution is 9.10. The van der Waals surface area contributed by atoms with E-state index in [1.54, 1.807) is 11.1 Å². The molecule has 0 saturated carbocycles. The average Bonchev–Trinajstić information content (AvgIpc) is 2.78. The number of hydrogen-bond donors (Lipinski definition) is 2. The molecule has 0 aromatic heterocycles. The van der Waals surface area contributed by atoms with Gasteiger partial charge in [-0.15, -0.1) is 0 Å². The van der Waals surface area contributed by atoms with Crippen molar-refractivity contribution in [3.63, 3.8) is 0 Å². The Bertz CT molecular complexity index is 1420. The maximum atomic E-state index is 10.6. The fourth-order valence-electron chi connectivity index (χ4n) is 4.48. The standard InChI is InChI=1S/C18H15Br.C9H8O4/c19-14-7-10-16-13(11-14)6-9-17-15-4-2-1-3-12(15)5-8-18(16)17;1-5-6(8(10)11)3-2-4-7(5)9(12)13/h3,5-8,10-11H,1-2,4,9H2;2-4H,1H3,(H,10,11)(H,12,13). The van der Waals surface area contributed by atoms with E-state index in [-0.39, 0.29) is 16.7 Å². The van der Waals surface area contributed by atoms with Crippen molar-refractivity contribution in [1.82, 2.24) is 0 Å². The summed E-state index contributed by atoms with van der Waals surface area (Å²) >= 11 is 3.57. The highest BCUT2D eigenvalue weighted by atomic mass is 79.9. The van der Waals surface area contributed by atoms with Gasteiger partial charge in [-0.1, -0.05) is 52.3 Å². The van der Waals surface area contributed by atoms with Crippen LogP contribution in [-0.2, 0) is 12.8 Å². The van der Waals surface area contributed by atoms with Gasteiger partial charge in [-0.05, 0) is 94.4 Å². The second kappa shape index (κ2) is 9.13. The summed E-state index contributed by atoms with van der Waals surface area (Å²) in [5, 5.41) is 23.0. The second-order valence-electron chi connectivity index (χ2n) is 7.98. The van der Waals surface area contributed by atoms with Crippen LogP contribution >= 0.6 is 15.9 Å². The minimum absolute atomic E-state index is 0.0277. The van der Waals surface area contributed by atoms with Crippen LogP contribution in [0.25, 0.3) is 12.2 Å². The third kappa shape index (κ3) is 4.26. The van der Waals surface area contributed by atoms with Gasteiger partial charge in [-0.2, -0.15) is 0 Å². The normalized spacial score (nSPS) is 13.2. The van der Waals surface area contributed by atoms with Crippen LogP contribution in [0.1, 0.15) is 50.2 Å². The summed E-state index contributed by atoms with van der Waals surface area (Å²) in [6, 6.07) is 15.4. The van der Waals surface area contributed by atoms with Crippen LogP contribution in [0.15, 0.2) is 53.0 Å². The lowest BCUT2D eigenvalue weighted by Crippen LogP contribution is -2.19. The Labute approximate surface area is 194 Å². The van der Waals surface area contributed by atoms with E-state index in [0.29, 0.717) is 0 Å². The smallest absolute Gasteiger partial charge is 0.335 e. The molecule has 2 N–H and O–H groups in total. The van der Waals surface area contributed by atoms with Gasteiger partial charge in [0.2, 0.25) is 0 Å². The van der Waals surface area contributed by atoms with Crippen molar-refractivity contribution < 1.29 is 19.8 Å². The molecule has 5 rings (SSSR count). The lowest BCUT2D eigenvalue weighted by molar-refractivity contribution is 0.0696. The number of carboxylic acids is 2. The lowest BCUT2D eigenvalue weighted by atomic mass is 9.89. The summed E-state index contributed by atoms with van der Waals surface area (Å²) in [7, 11) is 0. The molecule has 0 aliphatic heterocycles. The van der Waals surface area contributed by atoms with E-state index in [9.17, 15) is 9.59 Å². The minimum atomic E-state index is -1.11. The van der Waals surface area contributed by atoms with Crippen molar-refractivity contribution >= 4 is 40.0 Å². The van der Waals surface area contributed by atoms with Crippen LogP contribution in [0.5, 0.6) is 0 Å². The van der Waals surface area contributed by atoms with Gasteiger partial charge in [0.25, 0.3) is 0 Å². The third-order valence-electron chi connectivity index (χ3n) is 6.09. The molecule has 3 aromatic rings. The summed E-state index contributed by atoms with van der Waals surface area (Å²) in [6.45, 7) is 1.48. The molecule has 5 heteroatoms. The zero-order chi connectivity index (χ0) is 22.8. The maximum absolute atomic E-state index is 10.6. The fourth-order valence-corrected chi connectivity index (χ4v) is 4.86. The van der Waals surface area contributed by atoms with Crippen LogP contribution in [-0.4, -0.2) is 22.2 Å². The van der Waals surface area contributed by atoms with Crippen molar-refractivity contribution in [2.45, 2.75) is 32.6 Å². The molecule has 0 amide bonds. The van der Waals surface area contributed by atoms with Gasteiger partial charge in [-0.25, -0.2) is 9.59 Å². The predicted molar refractivity (Wildman–Crippen MR) is 128 cm³/mol. The number of hydrogen-bond acceptors (Lipinski definition) is 2. The number of fused-ring (bicyclic) bond motifs is 4. The molecule has 162 valence electrons. The quantitative estimate of drug-likeness (QED) is 0.551. The van der Waals surface area contributed by atoms with Gasteiger partial charge in [0, 0.05) is 4.47 Å². The Morgan fingerprint density at radius 1 is 0.844 bits per heavy atom. The molecule has 0 heterocycles. The maximum Gasteiger partial charge on any atom is 0.335 e. The number of aromatic carboxylic acids is 2. The molecule has 0 saturated heterocycles. The third-order valence-corrected chi connectivity index (χ3v) is 6.58. The van der Waals surface area contributed by atoms with Gasteiger partial charge in [0.15, 0.2) is 0 Å². The summed E-state index contributed by atoms with van der Waals surface area (Å²) in [6.07, 6.45) is 9.63. The Morgan fingerprint density at radius 3 is 2.22 bits per heavy atom. The number of carbonyl (C=O) groups is 2. The Morgan fingerprint density at radius 2 is 1.53 bits per heavy atom. The fraction of sp³-hybridized carbons (Fsp3) is 0.185. The molecule has 0 spiro atoms. The summed E-state index contributed by atoms with van der Waals surface area (Å²) in [5.74, 6) is -2.22. The molecular formula is C27H23BrO4. The van der Waals surface area contributed by atoms with Crippen molar-refractivity contribution in [1.29, 1.82) is 0 Å². The van der Waals surface area contributed by atoms with E-state index in [1.165, 1.54) is 65.3 Å². The molecule has 2 aliphatic rings. The van der Waals surface area contributed by atoms with E-state index >= 15 is 0 Å². The summed E-state index contributed by atoms with van der Waals surface area (Å²) in [4.78, 5) is 21.2. The topological polar surface area (TPSA) is 74.6 Å². The molecular weight excluding hydrogens is 468 g/mol. The lowest BCUT2D eigenvalue weighted by Gasteiger charge is -2.16. The molecule has 0 radical (unpaired) electrons. The zero-order valence-corrected chi connectivity index (χ0v) is 19.3. The largest absolute Gasteiger partial charge is 0.478 e. The SMILES string of the molecule is Brc1ccc2c(c1)=CCc1c3c(ccc1=2)=CCCC3.Cc1c(C(=O)O)cccc1C(=O)O. The molecule has 32 heavy (non-hydrogen) atoms. The Kier molecular flexibility index (Phi) is 6.28. The summed E-state index contributed by atoms with van der Waals surface area (Å²) < 4.78 is 1.16. The van der Waals surface area contributed by atoms with E-state index in [0.717, 1.165) is 10.9 Å². The highest BCUT2D eigenvalue weighted by Crippen LogP contribution is 2.18. The average molecular weight is 491 g/mol. The molecule has 4 nitrogen and oxygen atoms in total. The molecule has 2 aliphatic carbocycles. The number of rotatable bonds is 2. The predicted octanol–water partition coefficient (Wildman–Crippen LogP) is 4.58. The van der Waals surface area contributed by atoms with Crippen LogP contribution in [0.4, 0.5) is 0 Å². The molecule has 0 atom stereocenters. The minimum Gasteiger partial charge on any atom is -0.478 e. The van der Waals surface area contributed by atoms with Crippen molar-refractivity contribution in [3.05, 3.63) is 102 Å². The van der Waals surface area contributed by atoms with Crippen molar-refractivity contribution in [3.8, 4) is 0 Å². The van der Waals surface area contributed by atoms with E-state index in [4.69, 9.17) is 10.2 Å². The van der Waals surface area contributed by atoms with Gasteiger partial charge < -0.3 is 10.2 Å². The van der Waals surface area contributed by atoms with Crippen molar-refractivity contribution in [2.75, 3.05) is 0 Å². The first-order chi connectivity index (χ1) is 15.4. The van der Waals surface area contributed by atoms with Crippen LogP contribution in [0, 0.1) is 17.4 Å². The van der Waals surface area contributed by atoms with Gasteiger partial charge >= 0.3 is 11.9 Å². The first kappa shape index (κ1) is 22.0. The molecule has 0 fully saturated rings. The zero-order valence-electron chi connectivity index (χ0n) is 17.7. The summed E-state index contributed by atoms with van der Waals surface area (Å²) in [5.41, 5.74) is 3.49. The van der Waals surface area contributed by atoms with E-state index in [1.807, 2.05) is 0 Å². The van der Waals surface area contributed by atoms with Crippen molar-refractivity contribution in [2.24, 2.45) is 0 Å². The Balaban J connectivity index is 0.000000166. The number of halogens is 1. The van der Waals surface area contributed by atoms with Crippen LogP contribution < -0.4 is 10.4 Å². The van der Waals surface area contributed by atoms with Gasteiger partial charge in [-0.3, -0.25) is 0 Å². The van der Waals surface area contributed by atoms with E-state index in [2.05, 4.69) is 58.4 Å². The van der Waals surface area contributed by atoms with Crippen LogP contribution in [0.3, 0.4) is 0 Å². The number of benzene rings is 3. The van der Waals surface area contributed by atoms with E-state index < -0.39 is 11.9 Å². The first-order valence-corrected chi connectivity index (χ1v) is 11.3. The van der Waals surface area contributed by atoms with Gasteiger partial charge in [0.05, 0.1) is 11.1 Å². The second-order valence-corrected chi connectivity index (χ2v) is 8.90. The molecule has 3 aromatic carbocycles. The number of carboxylic acid groups (broad SMARTS) is 2. The first-order valence-electron chi connectivity index (χ1n) is 10.5. The van der Waals surface area contributed by atoms with Gasteiger partial charge in [0.1, 0.15) is 0 Å². The molecule has 0 unspecified atom stereocenters.